The van der Waals surface area contributed by atoms with E-state index in [1.807, 2.05) is 13.8 Å². The number of hydrogen-bond acceptors (Lipinski definition) is 3. The van der Waals surface area contributed by atoms with Crippen LogP contribution in [0.15, 0.2) is 18.2 Å². The van der Waals surface area contributed by atoms with Gasteiger partial charge < -0.3 is 20.5 Å². The van der Waals surface area contributed by atoms with Crippen molar-refractivity contribution in [3.63, 3.8) is 0 Å². The zero-order chi connectivity index (χ0) is 15.3. The first-order valence-electron chi connectivity index (χ1n) is 6.19. The number of anilines is 1. The number of carbonyl (C=O) groups is 2. The van der Waals surface area contributed by atoms with Crippen LogP contribution in [0.3, 0.4) is 0 Å². The maximum absolute atomic E-state index is 11.8. The van der Waals surface area contributed by atoms with Crippen LogP contribution >= 0.6 is 0 Å². The second-order valence-electron chi connectivity index (χ2n) is 5.11. The zero-order valence-electron chi connectivity index (χ0n) is 12.1. The Morgan fingerprint density at radius 1 is 1.35 bits per heavy atom. The van der Waals surface area contributed by atoms with E-state index in [0.29, 0.717) is 17.8 Å². The third-order valence-electron chi connectivity index (χ3n) is 2.95. The first kappa shape index (κ1) is 16.0. The van der Waals surface area contributed by atoms with Crippen molar-refractivity contribution in [2.24, 2.45) is 0 Å². The summed E-state index contributed by atoms with van der Waals surface area (Å²) in [6, 6.07) is 4.17. The highest BCUT2D eigenvalue weighted by molar-refractivity contribution is 5.92. The van der Waals surface area contributed by atoms with Crippen molar-refractivity contribution in [3.05, 3.63) is 29.3 Å². The summed E-state index contributed by atoms with van der Waals surface area (Å²) in [7, 11) is 1.58. The molecule has 0 fully saturated rings. The lowest BCUT2D eigenvalue weighted by Gasteiger charge is -2.23. The molecular formula is C14H20N2O4. The summed E-state index contributed by atoms with van der Waals surface area (Å²) in [5, 5.41) is 14.2. The third kappa shape index (κ3) is 4.55. The molecule has 6 nitrogen and oxygen atoms in total. The molecule has 0 aromatic heterocycles. The number of methoxy groups -OCH3 is 1. The van der Waals surface area contributed by atoms with Crippen LogP contribution in [0.4, 0.5) is 10.5 Å². The van der Waals surface area contributed by atoms with Crippen LogP contribution in [0.2, 0.25) is 0 Å². The fourth-order valence-corrected chi connectivity index (χ4v) is 1.47. The Balaban J connectivity index is 2.65. The Hall–Kier alpha value is -2.08. The van der Waals surface area contributed by atoms with Crippen molar-refractivity contribution in [3.8, 4) is 0 Å². The van der Waals surface area contributed by atoms with Gasteiger partial charge in [0.05, 0.1) is 11.2 Å². The number of nitrogens with one attached hydrogen (secondary N) is 2. The van der Waals surface area contributed by atoms with Gasteiger partial charge in [0, 0.05) is 19.3 Å². The molecule has 0 saturated carbocycles. The van der Waals surface area contributed by atoms with E-state index in [4.69, 9.17) is 9.84 Å². The molecule has 1 aromatic carbocycles. The summed E-state index contributed by atoms with van der Waals surface area (Å²) >= 11 is 0. The summed E-state index contributed by atoms with van der Waals surface area (Å²) < 4.78 is 5.20. The number of aromatic carboxylic acids is 1. The molecule has 20 heavy (non-hydrogen) atoms. The Labute approximate surface area is 118 Å². The first-order chi connectivity index (χ1) is 9.25. The van der Waals surface area contributed by atoms with Gasteiger partial charge in [-0.25, -0.2) is 9.59 Å². The Bertz CT molecular complexity index is 512. The van der Waals surface area contributed by atoms with Crippen molar-refractivity contribution >= 4 is 17.7 Å². The number of carboxylic acids is 1. The standard InChI is InChI=1S/C14H20N2O4/c1-9-7-10(12(17)18)5-6-11(9)16-13(19)15-8-14(2,3)20-4/h5-7H,8H2,1-4H3,(H,17,18)(H2,15,16,19). The van der Waals surface area contributed by atoms with Crippen LogP contribution in [0.5, 0.6) is 0 Å². The minimum Gasteiger partial charge on any atom is -0.478 e. The summed E-state index contributed by atoms with van der Waals surface area (Å²) in [5.74, 6) is -0.994. The molecular weight excluding hydrogens is 260 g/mol. The number of carboxylic acid groups (broad SMARTS) is 1. The largest absolute Gasteiger partial charge is 0.478 e. The second-order valence-corrected chi connectivity index (χ2v) is 5.11. The van der Waals surface area contributed by atoms with E-state index in [-0.39, 0.29) is 11.6 Å². The molecule has 0 aliphatic heterocycles. The fraction of sp³-hybridized carbons (Fsp3) is 0.429. The van der Waals surface area contributed by atoms with Gasteiger partial charge in [-0.15, -0.1) is 0 Å². The van der Waals surface area contributed by atoms with E-state index in [0.717, 1.165) is 0 Å². The summed E-state index contributed by atoms with van der Waals surface area (Å²) in [6.07, 6.45) is 0. The highest BCUT2D eigenvalue weighted by Gasteiger charge is 2.17. The van der Waals surface area contributed by atoms with E-state index in [1.165, 1.54) is 12.1 Å². The molecule has 0 bridgehead atoms. The Kier molecular flexibility index (Phi) is 5.10. The molecule has 0 aliphatic carbocycles. The predicted molar refractivity (Wildman–Crippen MR) is 76.2 cm³/mol. The first-order valence-corrected chi connectivity index (χ1v) is 6.19. The maximum Gasteiger partial charge on any atom is 0.335 e. The third-order valence-corrected chi connectivity index (χ3v) is 2.95. The summed E-state index contributed by atoms with van der Waals surface area (Å²) in [5.41, 5.74) is 1.00. The van der Waals surface area contributed by atoms with Crippen molar-refractivity contribution in [2.75, 3.05) is 19.0 Å². The van der Waals surface area contributed by atoms with E-state index in [2.05, 4.69) is 10.6 Å². The second kappa shape index (κ2) is 6.38. The predicted octanol–water partition coefficient (Wildman–Crippen LogP) is 2.24. The fourth-order valence-electron chi connectivity index (χ4n) is 1.47. The van der Waals surface area contributed by atoms with Crippen molar-refractivity contribution in [1.82, 2.24) is 5.32 Å². The van der Waals surface area contributed by atoms with Crippen LogP contribution in [0, 0.1) is 6.92 Å². The minimum atomic E-state index is -0.994. The average Bonchev–Trinajstić information content (AvgIpc) is 2.39. The highest BCUT2D eigenvalue weighted by atomic mass is 16.5. The van der Waals surface area contributed by atoms with Gasteiger partial charge in [-0.2, -0.15) is 0 Å². The molecule has 0 atom stereocenters. The smallest absolute Gasteiger partial charge is 0.335 e. The molecule has 0 heterocycles. The summed E-state index contributed by atoms with van der Waals surface area (Å²) in [4.78, 5) is 22.6. The Morgan fingerprint density at radius 3 is 2.50 bits per heavy atom. The lowest BCUT2D eigenvalue weighted by Crippen LogP contribution is -2.41. The quantitative estimate of drug-likeness (QED) is 0.772. The van der Waals surface area contributed by atoms with Crippen LogP contribution in [-0.2, 0) is 4.74 Å². The van der Waals surface area contributed by atoms with Gasteiger partial charge in [-0.05, 0) is 44.5 Å². The van der Waals surface area contributed by atoms with Gasteiger partial charge in [0.25, 0.3) is 0 Å². The lowest BCUT2D eigenvalue weighted by molar-refractivity contribution is 0.0257. The van der Waals surface area contributed by atoms with Crippen LogP contribution in [0.1, 0.15) is 29.8 Å². The molecule has 3 N–H and O–H groups in total. The molecule has 0 aliphatic rings. The number of urea groups is 1. The number of carbonyl (C=O) groups excluding carboxylic acids is 1. The molecule has 1 rings (SSSR count). The zero-order valence-corrected chi connectivity index (χ0v) is 12.1. The molecule has 0 unspecified atom stereocenters. The van der Waals surface area contributed by atoms with Gasteiger partial charge >= 0.3 is 12.0 Å². The molecule has 1 aromatic rings. The monoisotopic (exact) mass is 280 g/mol. The molecule has 2 amide bonds. The van der Waals surface area contributed by atoms with Gasteiger partial charge in [-0.3, -0.25) is 0 Å². The lowest BCUT2D eigenvalue weighted by atomic mass is 10.1. The summed E-state index contributed by atoms with van der Waals surface area (Å²) in [6.45, 7) is 5.82. The van der Waals surface area contributed by atoms with Gasteiger partial charge in [0.2, 0.25) is 0 Å². The molecule has 6 heteroatoms. The topological polar surface area (TPSA) is 87.7 Å². The number of rotatable bonds is 5. The van der Waals surface area contributed by atoms with E-state index >= 15 is 0 Å². The van der Waals surface area contributed by atoms with E-state index in [1.54, 1.807) is 20.1 Å². The van der Waals surface area contributed by atoms with Crippen molar-refractivity contribution < 1.29 is 19.4 Å². The maximum atomic E-state index is 11.8. The normalized spacial score (nSPS) is 11.0. The molecule has 0 saturated heterocycles. The van der Waals surface area contributed by atoms with Crippen molar-refractivity contribution in [1.29, 1.82) is 0 Å². The van der Waals surface area contributed by atoms with Gasteiger partial charge in [-0.1, -0.05) is 0 Å². The van der Waals surface area contributed by atoms with Crippen LogP contribution in [0.25, 0.3) is 0 Å². The van der Waals surface area contributed by atoms with E-state index in [9.17, 15) is 9.59 Å². The average molecular weight is 280 g/mol. The van der Waals surface area contributed by atoms with Crippen molar-refractivity contribution in [2.45, 2.75) is 26.4 Å². The number of hydrogen-bond donors (Lipinski definition) is 3. The van der Waals surface area contributed by atoms with Gasteiger partial charge in [0.15, 0.2) is 0 Å². The number of benzene rings is 1. The molecule has 0 spiro atoms. The number of ether oxygens (including phenoxy) is 1. The SMILES string of the molecule is COC(C)(C)CNC(=O)Nc1ccc(C(=O)O)cc1C. The van der Waals surface area contributed by atoms with E-state index < -0.39 is 11.6 Å². The number of amides is 2. The number of aryl methyl sites for hydroxylation is 1. The molecule has 0 radical (unpaired) electrons. The van der Waals surface area contributed by atoms with Gasteiger partial charge in [0.1, 0.15) is 0 Å². The minimum absolute atomic E-state index is 0.189. The van der Waals surface area contributed by atoms with Crippen LogP contribution < -0.4 is 10.6 Å². The Morgan fingerprint density at radius 2 is 2.00 bits per heavy atom. The van der Waals surface area contributed by atoms with Crippen LogP contribution in [-0.4, -0.2) is 36.4 Å². The molecule has 110 valence electrons. The highest BCUT2D eigenvalue weighted by Crippen LogP contribution is 2.16.